The van der Waals surface area contributed by atoms with Crippen LogP contribution in [0.1, 0.15) is 71.9 Å². The monoisotopic (exact) mass is 440 g/mol. The van der Waals surface area contributed by atoms with E-state index in [0.717, 1.165) is 43.6 Å². The number of esters is 1. The van der Waals surface area contributed by atoms with E-state index >= 15 is 0 Å². The molecule has 1 unspecified atom stereocenters. The number of unbranched alkanes of at least 4 members (excludes halogenated alkanes) is 3. The predicted octanol–water partition coefficient (Wildman–Crippen LogP) is 3.28. The lowest BCUT2D eigenvalue weighted by Gasteiger charge is -2.41. The van der Waals surface area contributed by atoms with Gasteiger partial charge in [-0.3, -0.25) is 4.48 Å². The first-order chi connectivity index (χ1) is 14.3. The van der Waals surface area contributed by atoms with Gasteiger partial charge >= 0.3 is 5.97 Å². The SMILES string of the molecule is CCCCCCOc1nsnc1C1=CCC[N+](C)([C@@H](C)OC(=O)[C@@H]([NH3+])[C@@H](C)CC)C1. The van der Waals surface area contributed by atoms with Crippen molar-refractivity contribution in [1.29, 1.82) is 0 Å². The molecule has 1 aliphatic rings. The summed E-state index contributed by atoms with van der Waals surface area (Å²) in [5, 5.41) is 0. The molecule has 1 aromatic heterocycles. The second kappa shape index (κ2) is 11.8. The lowest BCUT2D eigenvalue weighted by Crippen LogP contribution is -2.69. The summed E-state index contributed by atoms with van der Waals surface area (Å²) in [6.07, 6.45) is 8.43. The minimum absolute atomic E-state index is 0.210. The molecule has 0 saturated carbocycles. The van der Waals surface area contributed by atoms with E-state index in [9.17, 15) is 4.79 Å². The first-order valence-corrected chi connectivity index (χ1v) is 12.1. The number of carbonyl (C=O) groups excluding carboxylic acids is 1. The van der Waals surface area contributed by atoms with Gasteiger partial charge in [-0.2, -0.15) is 4.37 Å². The number of nitrogens with zero attached hydrogens (tertiary/aromatic N) is 3. The summed E-state index contributed by atoms with van der Waals surface area (Å²) in [5.74, 6) is 0.638. The van der Waals surface area contributed by atoms with Crippen molar-refractivity contribution in [3.63, 3.8) is 0 Å². The molecule has 1 aromatic rings. The normalized spacial score (nSPS) is 22.1. The van der Waals surface area contributed by atoms with E-state index in [1.165, 1.54) is 31.0 Å². The molecule has 8 heteroatoms. The van der Waals surface area contributed by atoms with E-state index in [1.54, 1.807) is 0 Å². The van der Waals surface area contributed by atoms with E-state index in [-0.39, 0.29) is 24.2 Å². The Morgan fingerprint density at radius 3 is 2.73 bits per heavy atom. The third kappa shape index (κ3) is 6.49. The first kappa shape index (κ1) is 24.8. The molecular weight excluding hydrogens is 400 g/mol. The van der Waals surface area contributed by atoms with Crippen molar-refractivity contribution in [2.75, 3.05) is 26.7 Å². The summed E-state index contributed by atoms with van der Waals surface area (Å²) in [6.45, 7) is 10.6. The standard InChI is InChI=1S/C22H39N4O3S/c1-6-8-9-10-14-28-21-20(24-30-25-21)18-12-11-13-26(5,15-18)17(4)29-22(27)19(23)16(3)7-2/h12,16-17,19H,6-11,13-15,23H2,1-5H3/q+1/p+1/t16-,17+,19-,26?/m0/s1. The zero-order chi connectivity index (χ0) is 22.1. The van der Waals surface area contributed by atoms with Gasteiger partial charge in [0.15, 0.2) is 6.04 Å². The van der Waals surface area contributed by atoms with Crippen LogP contribution in [0, 0.1) is 5.92 Å². The number of hydrogen-bond donors (Lipinski definition) is 1. The minimum Gasteiger partial charge on any atom is -0.475 e. The summed E-state index contributed by atoms with van der Waals surface area (Å²) in [7, 11) is 2.14. The van der Waals surface area contributed by atoms with Crippen LogP contribution < -0.4 is 10.5 Å². The summed E-state index contributed by atoms with van der Waals surface area (Å²) in [4.78, 5) is 12.5. The number of carbonyl (C=O) groups is 1. The van der Waals surface area contributed by atoms with Gasteiger partial charge in [0.05, 0.1) is 31.9 Å². The van der Waals surface area contributed by atoms with E-state index in [2.05, 4.69) is 41.5 Å². The van der Waals surface area contributed by atoms with Crippen LogP contribution in [0.2, 0.25) is 0 Å². The molecule has 0 aromatic carbocycles. The van der Waals surface area contributed by atoms with Gasteiger partial charge in [0.2, 0.25) is 6.23 Å². The highest BCUT2D eigenvalue weighted by Gasteiger charge is 2.38. The molecule has 4 atom stereocenters. The largest absolute Gasteiger partial charge is 0.475 e. The Balaban J connectivity index is 2.00. The van der Waals surface area contributed by atoms with Gasteiger partial charge in [-0.05, 0) is 12.8 Å². The molecule has 2 heterocycles. The molecule has 0 aliphatic carbocycles. The molecule has 0 fully saturated rings. The number of likely N-dealkylation sites (N-methyl/N-ethyl adjacent to an activating group) is 1. The van der Waals surface area contributed by atoms with Crippen LogP contribution in [-0.2, 0) is 9.53 Å². The van der Waals surface area contributed by atoms with Gasteiger partial charge in [-0.15, -0.1) is 4.37 Å². The Labute approximate surface area is 185 Å². The van der Waals surface area contributed by atoms with E-state index in [0.29, 0.717) is 17.0 Å². The van der Waals surface area contributed by atoms with E-state index in [1.807, 2.05) is 13.8 Å². The van der Waals surface area contributed by atoms with Crippen LogP contribution in [0.25, 0.3) is 5.57 Å². The van der Waals surface area contributed by atoms with Gasteiger partial charge in [0, 0.05) is 24.8 Å². The zero-order valence-electron chi connectivity index (χ0n) is 19.4. The Kier molecular flexibility index (Phi) is 9.71. The number of rotatable bonds is 12. The lowest BCUT2D eigenvalue weighted by molar-refractivity contribution is -0.944. The molecule has 0 radical (unpaired) electrons. The molecule has 2 rings (SSSR count). The Morgan fingerprint density at radius 2 is 2.03 bits per heavy atom. The summed E-state index contributed by atoms with van der Waals surface area (Å²) in [5.41, 5.74) is 5.98. The molecule has 30 heavy (non-hydrogen) atoms. The number of hydrogen-bond acceptors (Lipinski definition) is 6. The number of aromatic nitrogens is 2. The van der Waals surface area contributed by atoms with E-state index in [4.69, 9.17) is 9.47 Å². The van der Waals surface area contributed by atoms with Crippen LogP contribution in [0.5, 0.6) is 5.88 Å². The Hall–Kier alpha value is -1.51. The van der Waals surface area contributed by atoms with Crippen LogP contribution in [0.3, 0.4) is 0 Å². The van der Waals surface area contributed by atoms with Crippen molar-refractivity contribution in [2.45, 2.75) is 78.5 Å². The molecule has 0 saturated heterocycles. The second-order valence-corrected chi connectivity index (χ2v) is 9.26. The quantitative estimate of drug-likeness (QED) is 0.306. The average Bonchev–Trinajstić information content (AvgIpc) is 3.21. The lowest BCUT2D eigenvalue weighted by atomic mass is 10.0. The fourth-order valence-corrected chi connectivity index (χ4v) is 4.15. The molecule has 3 N–H and O–H groups in total. The molecule has 0 bridgehead atoms. The minimum atomic E-state index is -0.334. The highest BCUT2D eigenvalue weighted by molar-refractivity contribution is 6.99. The van der Waals surface area contributed by atoms with Crippen LogP contribution in [0.4, 0.5) is 0 Å². The van der Waals surface area contributed by atoms with Crippen LogP contribution in [0.15, 0.2) is 6.08 Å². The maximum absolute atomic E-state index is 12.5. The van der Waals surface area contributed by atoms with Gasteiger partial charge in [-0.25, -0.2) is 4.79 Å². The molecule has 0 amide bonds. The van der Waals surface area contributed by atoms with Crippen molar-refractivity contribution in [3.8, 4) is 5.88 Å². The third-order valence-corrected chi connectivity index (χ3v) is 6.87. The molecular formula is C22H40N4O3S+2. The third-order valence-electron chi connectivity index (χ3n) is 6.36. The Bertz CT molecular complexity index is 708. The highest BCUT2D eigenvalue weighted by Crippen LogP contribution is 2.31. The molecule has 7 nitrogen and oxygen atoms in total. The molecule has 170 valence electrons. The fourth-order valence-electron chi connectivity index (χ4n) is 3.62. The fraction of sp³-hybridized carbons (Fsp3) is 0.773. The predicted molar refractivity (Wildman–Crippen MR) is 120 cm³/mol. The van der Waals surface area contributed by atoms with Crippen molar-refractivity contribution in [2.24, 2.45) is 5.92 Å². The highest BCUT2D eigenvalue weighted by atomic mass is 32.1. The molecule has 1 aliphatic heterocycles. The number of quaternary nitrogens is 2. The van der Waals surface area contributed by atoms with Crippen molar-refractivity contribution >= 4 is 23.3 Å². The van der Waals surface area contributed by atoms with Crippen LogP contribution in [-0.4, -0.2) is 58.2 Å². The summed E-state index contributed by atoms with van der Waals surface area (Å²) in [6, 6.07) is -0.334. The maximum atomic E-state index is 12.5. The summed E-state index contributed by atoms with van der Waals surface area (Å²) < 4.78 is 21.3. The van der Waals surface area contributed by atoms with Crippen LogP contribution >= 0.6 is 11.7 Å². The van der Waals surface area contributed by atoms with Crippen molar-refractivity contribution in [3.05, 3.63) is 11.8 Å². The van der Waals surface area contributed by atoms with Crippen molar-refractivity contribution < 1.29 is 24.5 Å². The first-order valence-electron chi connectivity index (χ1n) is 11.3. The molecule has 0 spiro atoms. The Morgan fingerprint density at radius 1 is 1.27 bits per heavy atom. The van der Waals surface area contributed by atoms with Crippen molar-refractivity contribution in [1.82, 2.24) is 8.75 Å². The van der Waals surface area contributed by atoms with Gasteiger partial charge in [0.25, 0.3) is 5.88 Å². The number of ether oxygens (including phenoxy) is 2. The van der Waals surface area contributed by atoms with Gasteiger partial charge in [0.1, 0.15) is 12.2 Å². The van der Waals surface area contributed by atoms with Gasteiger partial charge < -0.3 is 15.2 Å². The smallest absolute Gasteiger partial charge is 0.369 e. The topological polar surface area (TPSA) is 89.0 Å². The zero-order valence-corrected chi connectivity index (χ0v) is 20.2. The van der Waals surface area contributed by atoms with E-state index < -0.39 is 0 Å². The summed E-state index contributed by atoms with van der Waals surface area (Å²) >= 11 is 1.19. The maximum Gasteiger partial charge on any atom is 0.369 e. The second-order valence-electron chi connectivity index (χ2n) is 8.73. The average molecular weight is 441 g/mol. The van der Waals surface area contributed by atoms with Gasteiger partial charge in [-0.1, -0.05) is 46.1 Å².